The van der Waals surface area contributed by atoms with Gasteiger partial charge in [0.15, 0.2) is 0 Å². The third-order valence-electron chi connectivity index (χ3n) is 4.20. The van der Waals surface area contributed by atoms with Gasteiger partial charge in [-0.15, -0.1) is 0 Å². The van der Waals surface area contributed by atoms with Gasteiger partial charge in [0, 0.05) is 35.7 Å². The van der Waals surface area contributed by atoms with Crippen molar-refractivity contribution in [3.63, 3.8) is 0 Å². The second-order valence-corrected chi connectivity index (χ2v) is 9.56. The van der Waals surface area contributed by atoms with Gasteiger partial charge >= 0.3 is 0 Å². The highest BCUT2D eigenvalue weighted by atomic mass is 79.9. The zero-order valence-electron chi connectivity index (χ0n) is 13.8. The van der Waals surface area contributed by atoms with Gasteiger partial charge in [0.1, 0.15) is 10.7 Å². The average molecular weight is 496 g/mol. The number of amides is 1. The van der Waals surface area contributed by atoms with Crippen LogP contribution in [-0.4, -0.2) is 49.7 Å². The van der Waals surface area contributed by atoms with Crippen molar-refractivity contribution in [3.8, 4) is 0 Å². The van der Waals surface area contributed by atoms with Crippen molar-refractivity contribution >= 4 is 55.1 Å². The van der Waals surface area contributed by atoms with Crippen molar-refractivity contribution in [2.24, 2.45) is 0 Å². The van der Waals surface area contributed by atoms with Crippen LogP contribution in [-0.2, 0) is 10.0 Å². The standard InChI is InChI=1S/C17H14BrCl2FN2O3S/c18-11-1-3-13(15(21)9-11)17(24)22-5-7-23(8-6-22)27(25,26)16-10-12(19)2-4-14(16)20/h1-4,9-10H,5-8H2. The smallest absolute Gasteiger partial charge is 0.256 e. The van der Waals surface area contributed by atoms with Gasteiger partial charge in [-0.25, -0.2) is 12.8 Å². The first kappa shape index (κ1) is 20.5. The van der Waals surface area contributed by atoms with Crippen molar-refractivity contribution in [3.05, 3.63) is 62.3 Å². The van der Waals surface area contributed by atoms with Gasteiger partial charge in [0.05, 0.1) is 10.6 Å². The van der Waals surface area contributed by atoms with Crippen molar-refractivity contribution in [2.75, 3.05) is 26.2 Å². The van der Waals surface area contributed by atoms with Crippen LogP contribution < -0.4 is 0 Å². The first-order valence-electron chi connectivity index (χ1n) is 7.89. The molecule has 1 aliphatic rings. The van der Waals surface area contributed by atoms with Crippen LogP contribution in [0.25, 0.3) is 0 Å². The average Bonchev–Trinajstić information content (AvgIpc) is 2.63. The quantitative estimate of drug-likeness (QED) is 0.645. The number of halogens is 4. The number of nitrogens with zero attached hydrogens (tertiary/aromatic N) is 2. The molecule has 0 N–H and O–H groups in total. The van der Waals surface area contributed by atoms with Gasteiger partial charge in [-0.05, 0) is 36.4 Å². The fourth-order valence-corrected chi connectivity index (χ4v) is 5.27. The van der Waals surface area contributed by atoms with Crippen molar-refractivity contribution < 1.29 is 17.6 Å². The molecule has 0 aromatic heterocycles. The molecule has 10 heteroatoms. The Morgan fingerprint density at radius 3 is 2.33 bits per heavy atom. The number of rotatable bonds is 3. The van der Waals surface area contributed by atoms with Crippen molar-refractivity contribution in [1.29, 1.82) is 0 Å². The first-order valence-corrected chi connectivity index (χ1v) is 10.9. The summed E-state index contributed by atoms with van der Waals surface area (Å²) in [5.74, 6) is -1.10. The summed E-state index contributed by atoms with van der Waals surface area (Å²) in [5, 5.41) is 0.340. The van der Waals surface area contributed by atoms with E-state index in [2.05, 4.69) is 15.9 Å². The summed E-state index contributed by atoms with van der Waals surface area (Å²) in [4.78, 5) is 13.9. The Balaban J connectivity index is 1.75. The minimum Gasteiger partial charge on any atom is -0.336 e. The van der Waals surface area contributed by atoms with Crippen molar-refractivity contribution in [2.45, 2.75) is 4.90 Å². The molecular formula is C17H14BrCl2FN2O3S. The molecule has 27 heavy (non-hydrogen) atoms. The van der Waals surface area contributed by atoms with E-state index in [0.29, 0.717) is 4.47 Å². The lowest BCUT2D eigenvalue weighted by molar-refractivity contribution is 0.0693. The lowest BCUT2D eigenvalue weighted by atomic mass is 10.1. The van der Waals surface area contributed by atoms with Crippen LogP contribution >= 0.6 is 39.1 Å². The van der Waals surface area contributed by atoms with E-state index >= 15 is 0 Å². The highest BCUT2D eigenvalue weighted by Crippen LogP contribution is 2.28. The molecule has 0 aliphatic carbocycles. The highest BCUT2D eigenvalue weighted by molar-refractivity contribution is 9.10. The Kier molecular flexibility index (Phi) is 6.12. The maximum atomic E-state index is 14.0. The molecule has 1 heterocycles. The molecule has 1 aliphatic heterocycles. The number of carbonyl (C=O) groups is 1. The van der Waals surface area contributed by atoms with Gasteiger partial charge < -0.3 is 4.90 Å². The summed E-state index contributed by atoms with van der Waals surface area (Å²) in [5.41, 5.74) is -0.0487. The molecule has 5 nitrogen and oxygen atoms in total. The molecule has 0 spiro atoms. The van der Waals surface area contributed by atoms with Gasteiger partial charge in [-0.2, -0.15) is 4.31 Å². The maximum absolute atomic E-state index is 14.0. The summed E-state index contributed by atoms with van der Waals surface area (Å²) in [7, 11) is -3.84. The van der Waals surface area contributed by atoms with Gasteiger partial charge in [0.25, 0.3) is 5.91 Å². The Labute approximate surface area is 174 Å². The SMILES string of the molecule is O=C(c1ccc(Br)cc1F)N1CCN(S(=O)(=O)c2cc(Cl)ccc2Cl)CC1. The van der Waals surface area contributed by atoms with Crippen LogP contribution in [0.5, 0.6) is 0 Å². The fourth-order valence-electron chi connectivity index (χ4n) is 2.78. The van der Waals surface area contributed by atoms with E-state index in [4.69, 9.17) is 23.2 Å². The minimum absolute atomic E-state index is 0.0487. The lowest BCUT2D eigenvalue weighted by Gasteiger charge is -2.34. The fraction of sp³-hybridized carbons (Fsp3) is 0.235. The van der Waals surface area contributed by atoms with E-state index < -0.39 is 21.7 Å². The molecule has 1 amide bonds. The van der Waals surface area contributed by atoms with Crippen LogP contribution in [0.2, 0.25) is 10.0 Å². The van der Waals surface area contributed by atoms with Gasteiger partial charge in [-0.3, -0.25) is 4.79 Å². The minimum atomic E-state index is -3.84. The molecule has 0 unspecified atom stereocenters. The zero-order chi connectivity index (χ0) is 19.8. The summed E-state index contributed by atoms with van der Waals surface area (Å²) >= 11 is 15.0. The number of hydrogen-bond donors (Lipinski definition) is 0. The summed E-state index contributed by atoms with van der Waals surface area (Å²) in [6, 6.07) is 8.43. The highest BCUT2D eigenvalue weighted by Gasteiger charge is 2.32. The monoisotopic (exact) mass is 494 g/mol. The molecule has 0 saturated carbocycles. The van der Waals surface area contributed by atoms with Gasteiger partial charge in [0.2, 0.25) is 10.0 Å². The summed E-state index contributed by atoms with van der Waals surface area (Å²) in [6.45, 7) is 0.446. The molecule has 0 radical (unpaired) electrons. The van der Waals surface area contributed by atoms with Crippen LogP contribution in [0.15, 0.2) is 45.8 Å². The van der Waals surface area contributed by atoms with Crippen molar-refractivity contribution in [1.82, 2.24) is 9.21 Å². The van der Waals surface area contributed by atoms with E-state index in [1.165, 1.54) is 39.5 Å². The normalized spacial score (nSPS) is 15.8. The summed E-state index contributed by atoms with van der Waals surface area (Å²) < 4.78 is 41.4. The van der Waals surface area contributed by atoms with Crippen LogP contribution in [0, 0.1) is 5.82 Å². The molecule has 1 fully saturated rings. The van der Waals surface area contributed by atoms with E-state index in [1.807, 2.05) is 0 Å². The molecular weight excluding hydrogens is 482 g/mol. The summed E-state index contributed by atoms with van der Waals surface area (Å²) in [6.07, 6.45) is 0. The van der Waals surface area contributed by atoms with E-state index in [0.717, 1.165) is 0 Å². The lowest BCUT2D eigenvalue weighted by Crippen LogP contribution is -2.50. The number of hydrogen-bond acceptors (Lipinski definition) is 3. The molecule has 2 aromatic carbocycles. The Morgan fingerprint density at radius 1 is 1.04 bits per heavy atom. The molecule has 0 bridgehead atoms. The largest absolute Gasteiger partial charge is 0.336 e. The van der Waals surface area contributed by atoms with Crippen LogP contribution in [0.4, 0.5) is 4.39 Å². The van der Waals surface area contributed by atoms with E-state index in [-0.39, 0.29) is 46.7 Å². The number of sulfonamides is 1. The number of carbonyl (C=O) groups excluding carboxylic acids is 1. The third kappa shape index (κ3) is 4.30. The Morgan fingerprint density at radius 2 is 1.70 bits per heavy atom. The van der Waals surface area contributed by atoms with Gasteiger partial charge in [-0.1, -0.05) is 39.1 Å². The van der Waals surface area contributed by atoms with Crippen LogP contribution in [0.1, 0.15) is 10.4 Å². The Hall–Kier alpha value is -1.19. The number of benzene rings is 2. The molecule has 1 saturated heterocycles. The number of piperazine rings is 1. The molecule has 2 aromatic rings. The van der Waals surface area contributed by atoms with E-state index in [1.54, 1.807) is 6.07 Å². The van der Waals surface area contributed by atoms with Crippen LogP contribution in [0.3, 0.4) is 0 Å². The maximum Gasteiger partial charge on any atom is 0.256 e. The molecule has 3 rings (SSSR count). The zero-order valence-corrected chi connectivity index (χ0v) is 17.7. The first-order chi connectivity index (χ1) is 12.7. The molecule has 0 atom stereocenters. The predicted molar refractivity (Wildman–Crippen MR) is 105 cm³/mol. The second-order valence-electron chi connectivity index (χ2n) is 5.90. The predicted octanol–water partition coefficient (Wildman–Crippen LogP) is 4.04. The second kappa shape index (κ2) is 8.05. The Bertz CT molecular complexity index is 996. The molecule has 144 valence electrons. The third-order valence-corrected chi connectivity index (χ3v) is 7.31. The van der Waals surface area contributed by atoms with E-state index in [9.17, 15) is 17.6 Å². The topological polar surface area (TPSA) is 57.7 Å².